The van der Waals surface area contributed by atoms with Gasteiger partial charge in [0.25, 0.3) is 0 Å². The Balaban J connectivity index is 2.32. The Bertz CT molecular complexity index is 493. The van der Waals surface area contributed by atoms with Gasteiger partial charge in [-0.1, -0.05) is 0 Å². The second-order valence-electron chi connectivity index (χ2n) is 5.15. The fraction of sp³-hybridized carbons (Fsp3) is 0.583. The third-order valence-corrected chi connectivity index (χ3v) is 3.63. The van der Waals surface area contributed by atoms with E-state index in [1.54, 1.807) is 0 Å². The zero-order chi connectivity index (χ0) is 14.7. The van der Waals surface area contributed by atoms with Crippen LogP contribution in [0.25, 0.3) is 0 Å². The summed E-state index contributed by atoms with van der Waals surface area (Å²) in [6.07, 6.45) is 2.08. The molecule has 3 N–H and O–H groups in total. The first-order chi connectivity index (χ1) is 9.52. The third-order valence-electron chi connectivity index (χ3n) is 3.63. The molecule has 1 aliphatic rings. The Morgan fingerprint density at radius 1 is 1.55 bits per heavy atom. The maximum atomic E-state index is 11.2. The van der Waals surface area contributed by atoms with Crippen LogP contribution in [0, 0.1) is 10.1 Å². The Hall–Kier alpha value is -1.93. The Labute approximate surface area is 117 Å². The highest BCUT2D eigenvalue weighted by molar-refractivity contribution is 5.62. The molecule has 0 radical (unpaired) electrons. The molecule has 2 rings (SSSR count). The van der Waals surface area contributed by atoms with Gasteiger partial charge in [-0.2, -0.15) is 0 Å². The molecule has 1 aromatic rings. The summed E-state index contributed by atoms with van der Waals surface area (Å²) in [5.74, 6) is 6.16. The van der Waals surface area contributed by atoms with Crippen LogP contribution in [-0.2, 0) is 0 Å². The van der Waals surface area contributed by atoms with E-state index in [1.165, 1.54) is 12.1 Å². The van der Waals surface area contributed by atoms with Crippen molar-refractivity contribution in [1.29, 1.82) is 0 Å². The lowest BCUT2D eigenvalue weighted by Gasteiger charge is -2.36. The minimum Gasteiger partial charge on any atom is -0.349 e. The second-order valence-corrected chi connectivity index (χ2v) is 5.15. The van der Waals surface area contributed by atoms with E-state index in [1.807, 2.05) is 19.0 Å². The van der Waals surface area contributed by atoms with E-state index >= 15 is 0 Å². The van der Waals surface area contributed by atoms with Crippen molar-refractivity contribution >= 4 is 17.3 Å². The van der Waals surface area contributed by atoms with Crippen LogP contribution in [0.2, 0.25) is 0 Å². The van der Waals surface area contributed by atoms with E-state index < -0.39 is 4.92 Å². The van der Waals surface area contributed by atoms with Crippen molar-refractivity contribution in [2.24, 2.45) is 5.84 Å². The quantitative estimate of drug-likeness (QED) is 0.478. The van der Waals surface area contributed by atoms with Crippen LogP contribution in [0.1, 0.15) is 12.8 Å². The van der Waals surface area contributed by atoms with Gasteiger partial charge in [0.05, 0.1) is 4.92 Å². The minimum atomic E-state index is -0.401. The molecule has 2 heterocycles. The van der Waals surface area contributed by atoms with Gasteiger partial charge in [0, 0.05) is 25.2 Å². The summed E-state index contributed by atoms with van der Waals surface area (Å²) in [6.45, 7) is 1.50. The average molecular weight is 280 g/mol. The van der Waals surface area contributed by atoms with Crippen LogP contribution in [0.3, 0.4) is 0 Å². The SMILES string of the molecule is CN(C)C1CCCN(c2nc(NN)ccc2[N+](=O)[O-])C1. The molecule has 1 saturated heterocycles. The van der Waals surface area contributed by atoms with Gasteiger partial charge in [0.2, 0.25) is 5.82 Å². The first-order valence-electron chi connectivity index (χ1n) is 6.56. The standard InChI is InChI=1S/C12H20N6O2/c1-16(2)9-4-3-7-17(8-9)12-10(18(19)20)5-6-11(14-12)15-13/h5-6,9H,3-4,7-8,13H2,1-2H3,(H,14,15). The number of rotatable bonds is 4. The zero-order valence-corrected chi connectivity index (χ0v) is 11.7. The predicted octanol–water partition coefficient (Wildman–Crippen LogP) is 0.806. The third kappa shape index (κ3) is 2.97. The predicted molar refractivity (Wildman–Crippen MR) is 77.6 cm³/mol. The maximum Gasteiger partial charge on any atom is 0.311 e. The molecular formula is C12H20N6O2. The van der Waals surface area contributed by atoms with Crippen LogP contribution >= 0.6 is 0 Å². The second kappa shape index (κ2) is 6.02. The number of anilines is 2. The number of hydrazine groups is 1. The zero-order valence-electron chi connectivity index (χ0n) is 11.7. The van der Waals surface area contributed by atoms with Gasteiger partial charge in [0.1, 0.15) is 5.82 Å². The van der Waals surface area contributed by atoms with Gasteiger partial charge in [0.15, 0.2) is 0 Å². The number of aromatic nitrogens is 1. The molecule has 0 saturated carbocycles. The fourth-order valence-corrected chi connectivity index (χ4v) is 2.47. The molecule has 1 aliphatic heterocycles. The molecule has 1 atom stereocenters. The number of nitro groups is 1. The molecule has 0 bridgehead atoms. The number of pyridine rings is 1. The highest BCUT2D eigenvalue weighted by atomic mass is 16.6. The van der Waals surface area contributed by atoms with Crippen LogP contribution in [0.5, 0.6) is 0 Å². The summed E-state index contributed by atoms with van der Waals surface area (Å²) in [5, 5.41) is 11.2. The van der Waals surface area contributed by atoms with Crippen molar-refractivity contribution in [1.82, 2.24) is 9.88 Å². The van der Waals surface area contributed by atoms with E-state index in [-0.39, 0.29) is 5.69 Å². The highest BCUT2D eigenvalue weighted by Crippen LogP contribution is 2.30. The average Bonchev–Trinajstić information content (AvgIpc) is 2.46. The molecule has 0 amide bonds. The Kier molecular flexibility index (Phi) is 4.35. The molecule has 110 valence electrons. The number of nitrogens with one attached hydrogen (secondary N) is 1. The number of nitrogen functional groups attached to an aromatic ring is 1. The van der Waals surface area contributed by atoms with Crippen molar-refractivity contribution in [2.45, 2.75) is 18.9 Å². The number of nitrogens with zero attached hydrogens (tertiary/aromatic N) is 4. The first-order valence-corrected chi connectivity index (χ1v) is 6.56. The topological polar surface area (TPSA) is 101 Å². The van der Waals surface area contributed by atoms with E-state index in [0.29, 0.717) is 17.7 Å². The van der Waals surface area contributed by atoms with E-state index in [4.69, 9.17) is 5.84 Å². The summed E-state index contributed by atoms with van der Waals surface area (Å²) in [5.41, 5.74) is 2.45. The van der Waals surface area contributed by atoms with Crippen molar-refractivity contribution in [3.05, 3.63) is 22.2 Å². The molecule has 1 unspecified atom stereocenters. The van der Waals surface area contributed by atoms with Crippen molar-refractivity contribution < 1.29 is 4.92 Å². The number of likely N-dealkylation sites (N-methyl/N-ethyl adjacent to an activating group) is 1. The normalized spacial score (nSPS) is 19.2. The van der Waals surface area contributed by atoms with Crippen LogP contribution in [0.15, 0.2) is 12.1 Å². The van der Waals surface area contributed by atoms with Crippen LogP contribution in [0.4, 0.5) is 17.3 Å². The van der Waals surface area contributed by atoms with Gasteiger partial charge in [-0.05, 0) is 33.0 Å². The smallest absolute Gasteiger partial charge is 0.311 e. The number of piperidine rings is 1. The largest absolute Gasteiger partial charge is 0.349 e. The summed E-state index contributed by atoms with van der Waals surface area (Å²) in [4.78, 5) is 19.1. The molecule has 8 nitrogen and oxygen atoms in total. The number of hydrogen-bond acceptors (Lipinski definition) is 7. The Morgan fingerprint density at radius 3 is 2.90 bits per heavy atom. The van der Waals surface area contributed by atoms with Gasteiger partial charge in [-0.3, -0.25) is 10.1 Å². The molecule has 8 heteroatoms. The molecule has 0 spiro atoms. The Morgan fingerprint density at radius 2 is 2.30 bits per heavy atom. The molecule has 20 heavy (non-hydrogen) atoms. The number of nitrogens with two attached hydrogens (primary N) is 1. The van der Waals surface area contributed by atoms with E-state index in [2.05, 4.69) is 15.3 Å². The summed E-state index contributed by atoms with van der Waals surface area (Å²) in [6, 6.07) is 3.32. The summed E-state index contributed by atoms with van der Waals surface area (Å²) in [7, 11) is 4.04. The maximum absolute atomic E-state index is 11.2. The van der Waals surface area contributed by atoms with Crippen LogP contribution < -0.4 is 16.2 Å². The highest BCUT2D eigenvalue weighted by Gasteiger charge is 2.27. The van der Waals surface area contributed by atoms with Gasteiger partial charge >= 0.3 is 5.69 Å². The summed E-state index contributed by atoms with van der Waals surface area (Å²) < 4.78 is 0. The van der Waals surface area contributed by atoms with Crippen molar-refractivity contribution in [3.8, 4) is 0 Å². The minimum absolute atomic E-state index is 0.0170. The van der Waals surface area contributed by atoms with Crippen molar-refractivity contribution in [2.75, 3.05) is 37.5 Å². The first kappa shape index (κ1) is 14.5. The van der Waals surface area contributed by atoms with E-state index in [0.717, 1.165) is 25.9 Å². The van der Waals surface area contributed by atoms with E-state index in [9.17, 15) is 10.1 Å². The lowest BCUT2D eigenvalue weighted by Crippen LogP contribution is -2.45. The van der Waals surface area contributed by atoms with Gasteiger partial charge < -0.3 is 15.2 Å². The van der Waals surface area contributed by atoms with Crippen molar-refractivity contribution in [3.63, 3.8) is 0 Å². The molecule has 1 fully saturated rings. The molecule has 0 aromatic carbocycles. The number of hydrogen-bond donors (Lipinski definition) is 2. The fourth-order valence-electron chi connectivity index (χ4n) is 2.47. The van der Waals surface area contributed by atoms with Crippen LogP contribution in [-0.4, -0.2) is 48.0 Å². The summed E-state index contributed by atoms with van der Waals surface area (Å²) >= 11 is 0. The monoisotopic (exact) mass is 280 g/mol. The van der Waals surface area contributed by atoms with Gasteiger partial charge in [-0.15, -0.1) is 0 Å². The molecule has 1 aromatic heterocycles. The lowest BCUT2D eigenvalue weighted by atomic mass is 10.0. The van der Waals surface area contributed by atoms with Gasteiger partial charge in [-0.25, -0.2) is 10.8 Å². The lowest BCUT2D eigenvalue weighted by molar-refractivity contribution is -0.384. The molecule has 0 aliphatic carbocycles. The molecular weight excluding hydrogens is 260 g/mol.